The summed E-state index contributed by atoms with van der Waals surface area (Å²) in [4.78, 5) is 11.8. The Bertz CT molecular complexity index is 811. The molecule has 6 nitrogen and oxygen atoms in total. The molecule has 0 aliphatic rings. The predicted molar refractivity (Wildman–Crippen MR) is 89.6 cm³/mol. The monoisotopic (exact) mass is 331 g/mol. The van der Waals surface area contributed by atoms with Crippen molar-refractivity contribution in [3.8, 4) is 0 Å². The maximum Gasteiger partial charge on any atom is 0.244 e. The van der Waals surface area contributed by atoms with Crippen LogP contribution in [-0.2, 0) is 21.4 Å². The lowest BCUT2D eigenvalue weighted by Crippen LogP contribution is -2.20. The molecule has 120 valence electrons. The van der Waals surface area contributed by atoms with E-state index in [0.29, 0.717) is 5.69 Å². The fourth-order valence-corrected chi connectivity index (χ4v) is 2.34. The molecule has 1 amide bonds. The summed E-state index contributed by atoms with van der Waals surface area (Å²) in [6.45, 7) is 0.288. The maximum atomic E-state index is 11.7. The molecule has 0 bridgehead atoms. The SMILES string of the molecule is Nc1ccc(/C=C/C(=O)NCc2ccc(S(N)(=O)=O)cc2)cc1. The Hall–Kier alpha value is -2.64. The lowest BCUT2D eigenvalue weighted by Gasteiger charge is -2.04. The molecular weight excluding hydrogens is 314 g/mol. The van der Waals surface area contributed by atoms with Gasteiger partial charge in [0, 0.05) is 18.3 Å². The van der Waals surface area contributed by atoms with Gasteiger partial charge >= 0.3 is 0 Å². The minimum atomic E-state index is -3.70. The first-order valence-electron chi connectivity index (χ1n) is 6.78. The average molecular weight is 331 g/mol. The summed E-state index contributed by atoms with van der Waals surface area (Å²) >= 11 is 0. The van der Waals surface area contributed by atoms with Crippen LogP contribution in [0.2, 0.25) is 0 Å². The molecule has 0 saturated heterocycles. The molecule has 0 aromatic heterocycles. The fraction of sp³-hybridized carbons (Fsp3) is 0.0625. The zero-order valence-electron chi connectivity index (χ0n) is 12.3. The van der Waals surface area contributed by atoms with Crippen LogP contribution >= 0.6 is 0 Å². The number of hydrogen-bond donors (Lipinski definition) is 3. The summed E-state index contributed by atoms with van der Waals surface area (Å²) in [5.74, 6) is -0.252. The Morgan fingerprint density at radius 2 is 1.65 bits per heavy atom. The van der Waals surface area contributed by atoms with Crippen molar-refractivity contribution in [2.75, 3.05) is 5.73 Å². The molecule has 5 N–H and O–H groups in total. The second-order valence-electron chi connectivity index (χ2n) is 4.91. The summed E-state index contributed by atoms with van der Waals surface area (Å²) in [6.07, 6.45) is 3.10. The maximum absolute atomic E-state index is 11.7. The van der Waals surface area contributed by atoms with E-state index in [1.54, 1.807) is 30.3 Å². The molecule has 0 spiro atoms. The second kappa shape index (κ2) is 7.08. The van der Waals surface area contributed by atoms with Crippen LogP contribution in [-0.4, -0.2) is 14.3 Å². The number of hydrogen-bond acceptors (Lipinski definition) is 4. The van der Waals surface area contributed by atoms with Crippen LogP contribution < -0.4 is 16.2 Å². The van der Waals surface area contributed by atoms with Gasteiger partial charge in [0.25, 0.3) is 0 Å². The zero-order valence-corrected chi connectivity index (χ0v) is 13.1. The number of nitrogen functional groups attached to an aromatic ring is 1. The number of benzene rings is 2. The third-order valence-electron chi connectivity index (χ3n) is 3.08. The van der Waals surface area contributed by atoms with Crippen molar-refractivity contribution >= 4 is 27.7 Å². The van der Waals surface area contributed by atoms with Crippen molar-refractivity contribution in [1.82, 2.24) is 5.32 Å². The molecule has 0 fully saturated rings. The Morgan fingerprint density at radius 3 is 2.22 bits per heavy atom. The van der Waals surface area contributed by atoms with Gasteiger partial charge in [0.1, 0.15) is 0 Å². The number of carbonyl (C=O) groups is 1. The summed E-state index contributed by atoms with van der Waals surface area (Å²) < 4.78 is 22.3. The van der Waals surface area contributed by atoms with Crippen molar-refractivity contribution in [3.05, 3.63) is 65.7 Å². The smallest absolute Gasteiger partial charge is 0.244 e. The highest BCUT2D eigenvalue weighted by atomic mass is 32.2. The quantitative estimate of drug-likeness (QED) is 0.565. The molecular formula is C16H17N3O3S. The Morgan fingerprint density at radius 1 is 1.04 bits per heavy atom. The first-order valence-corrected chi connectivity index (χ1v) is 8.32. The van der Waals surface area contributed by atoms with Crippen LogP contribution in [0.1, 0.15) is 11.1 Å². The number of carbonyl (C=O) groups excluding carboxylic acids is 1. The predicted octanol–water partition coefficient (Wildman–Crippen LogP) is 1.25. The van der Waals surface area contributed by atoms with Crippen molar-refractivity contribution < 1.29 is 13.2 Å². The number of nitrogens with one attached hydrogen (secondary N) is 1. The van der Waals surface area contributed by atoms with Crippen molar-refractivity contribution in [2.45, 2.75) is 11.4 Å². The molecule has 0 aliphatic heterocycles. The van der Waals surface area contributed by atoms with Crippen molar-refractivity contribution in [1.29, 1.82) is 0 Å². The zero-order chi connectivity index (χ0) is 16.9. The first kappa shape index (κ1) is 16.7. The van der Waals surface area contributed by atoms with Crippen molar-refractivity contribution in [3.63, 3.8) is 0 Å². The van der Waals surface area contributed by atoms with Gasteiger partial charge in [-0.25, -0.2) is 13.6 Å². The van der Waals surface area contributed by atoms with Gasteiger partial charge in [-0.05, 0) is 41.5 Å². The van der Waals surface area contributed by atoms with Gasteiger partial charge in [-0.15, -0.1) is 0 Å². The Kier molecular flexibility index (Phi) is 5.15. The van der Waals surface area contributed by atoms with Gasteiger partial charge in [0.15, 0.2) is 0 Å². The van der Waals surface area contributed by atoms with Gasteiger partial charge in [0.2, 0.25) is 15.9 Å². The van der Waals surface area contributed by atoms with E-state index >= 15 is 0 Å². The van der Waals surface area contributed by atoms with E-state index in [9.17, 15) is 13.2 Å². The molecule has 0 aliphatic carbocycles. The molecule has 0 unspecified atom stereocenters. The first-order chi connectivity index (χ1) is 10.8. The number of anilines is 1. The minimum absolute atomic E-state index is 0.0378. The molecule has 2 rings (SSSR count). The fourth-order valence-electron chi connectivity index (χ4n) is 1.82. The van der Waals surface area contributed by atoms with E-state index in [1.807, 2.05) is 12.1 Å². The van der Waals surface area contributed by atoms with Gasteiger partial charge < -0.3 is 11.1 Å². The van der Waals surface area contributed by atoms with E-state index in [2.05, 4.69) is 5.32 Å². The van der Waals surface area contributed by atoms with Gasteiger partial charge in [-0.2, -0.15) is 0 Å². The van der Waals surface area contributed by atoms with E-state index in [0.717, 1.165) is 11.1 Å². The van der Waals surface area contributed by atoms with Gasteiger partial charge in [-0.1, -0.05) is 24.3 Å². The van der Waals surface area contributed by atoms with Crippen LogP contribution in [0.4, 0.5) is 5.69 Å². The molecule has 0 heterocycles. The van der Waals surface area contributed by atoms with Crippen LogP contribution in [0, 0.1) is 0 Å². The standard InChI is InChI=1S/C16H17N3O3S/c17-14-6-1-12(2-7-14)5-10-16(20)19-11-13-3-8-15(9-4-13)23(18,21)22/h1-10H,11,17H2,(H,19,20)(H2,18,21,22)/b10-5+. The molecule has 0 saturated carbocycles. The average Bonchev–Trinajstić information content (AvgIpc) is 2.52. The molecule has 23 heavy (non-hydrogen) atoms. The van der Waals surface area contributed by atoms with Crippen LogP contribution in [0.5, 0.6) is 0 Å². The van der Waals surface area contributed by atoms with E-state index < -0.39 is 10.0 Å². The van der Waals surface area contributed by atoms with E-state index in [-0.39, 0.29) is 17.3 Å². The van der Waals surface area contributed by atoms with Crippen LogP contribution in [0.25, 0.3) is 6.08 Å². The number of primary sulfonamides is 1. The highest BCUT2D eigenvalue weighted by molar-refractivity contribution is 7.89. The largest absolute Gasteiger partial charge is 0.399 e. The third-order valence-corrected chi connectivity index (χ3v) is 4.01. The van der Waals surface area contributed by atoms with E-state index in [1.165, 1.54) is 18.2 Å². The molecule has 0 radical (unpaired) electrons. The Labute approximate surface area is 134 Å². The topological polar surface area (TPSA) is 115 Å². The van der Waals surface area contributed by atoms with Gasteiger partial charge in [-0.3, -0.25) is 4.79 Å². The highest BCUT2D eigenvalue weighted by Crippen LogP contribution is 2.09. The molecule has 0 atom stereocenters. The minimum Gasteiger partial charge on any atom is -0.399 e. The second-order valence-corrected chi connectivity index (χ2v) is 6.47. The number of sulfonamides is 1. The third kappa shape index (κ3) is 5.24. The van der Waals surface area contributed by atoms with Crippen LogP contribution in [0.3, 0.4) is 0 Å². The summed E-state index contributed by atoms with van der Waals surface area (Å²) in [5, 5.41) is 7.73. The molecule has 2 aromatic carbocycles. The lowest BCUT2D eigenvalue weighted by molar-refractivity contribution is -0.116. The molecule has 7 heteroatoms. The Balaban J connectivity index is 1.90. The number of amides is 1. The lowest BCUT2D eigenvalue weighted by atomic mass is 10.2. The normalized spacial score (nSPS) is 11.5. The summed E-state index contributed by atoms with van der Waals surface area (Å²) in [6, 6.07) is 13.1. The van der Waals surface area contributed by atoms with Gasteiger partial charge in [0.05, 0.1) is 4.90 Å². The highest BCUT2D eigenvalue weighted by Gasteiger charge is 2.06. The summed E-state index contributed by atoms with van der Waals surface area (Å²) in [5.41, 5.74) is 7.88. The number of rotatable bonds is 5. The molecule has 2 aromatic rings. The number of nitrogens with two attached hydrogens (primary N) is 2. The summed E-state index contributed by atoms with van der Waals surface area (Å²) in [7, 11) is -3.70. The van der Waals surface area contributed by atoms with Crippen molar-refractivity contribution in [2.24, 2.45) is 5.14 Å². The van der Waals surface area contributed by atoms with E-state index in [4.69, 9.17) is 10.9 Å². The van der Waals surface area contributed by atoms with Crippen LogP contribution in [0.15, 0.2) is 59.5 Å².